The smallest absolute Gasteiger partial charge is 0.262 e. The van der Waals surface area contributed by atoms with Gasteiger partial charge in [0.25, 0.3) is 5.56 Å². The fourth-order valence-corrected chi connectivity index (χ4v) is 2.66. The van der Waals surface area contributed by atoms with Crippen LogP contribution in [-0.4, -0.2) is 22.9 Å². The maximum atomic E-state index is 13.9. The summed E-state index contributed by atoms with van der Waals surface area (Å²) in [6, 6.07) is 10.1. The third kappa shape index (κ3) is 3.53. The molecule has 1 heterocycles. The summed E-state index contributed by atoms with van der Waals surface area (Å²) in [5.41, 5.74) is 0.291. The van der Waals surface area contributed by atoms with Gasteiger partial charge in [-0.05, 0) is 36.2 Å². The van der Waals surface area contributed by atoms with Gasteiger partial charge in [-0.15, -0.1) is 0 Å². The number of rotatable bonds is 5. The van der Waals surface area contributed by atoms with Crippen molar-refractivity contribution in [3.63, 3.8) is 0 Å². The minimum Gasteiger partial charge on any atom is -0.497 e. The highest BCUT2D eigenvalue weighted by Gasteiger charge is 2.15. The van der Waals surface area contributed by atoms with Crippen LogP contribution in [0, 0.1) is 5.82 Å². The molecule has 0 bridgehead atoms. The van der Waals surface area contributed by atoms with Crippen LogP contribution >= 0.6 is 11.6 Å². The minimum absolute atomic E-state index is 0.0929. The number of Topliss-reactive ketones (excluding diaryl/α,β-unsaturated/α-hetero) is 1. The number of methoxy groups -OCH3 is 1. The number of hydrogen-bond donors (Lipinski definition) is 1. The van der Waals surface area contributed by atoms with E-state index in [2.05, 4.69) is 9.97 Å². The Hall–Kier alpha value is -2.73. The lowest BCUT2D eigenvalue weighted by Gasteiger charge is -2.05. The Morgan fingerprint density at radius 1 is 1.32 bits per heavy atom. The summed E-state index contributed by atoms with van der Waals surface area (Å²) >= 11 is 5.67. The lowest BCUT2D eigenvalue weighted by Crippen LogP contribution is -2.17. The minimum atomic E-state index is -0.844. The van der Waals surface area contributed by atoms with Gasteiger partial charge in [-0.2, -0.15) is 0 Å². The van der Waals surface area contributed by atoms with Gasteiger partial charge in [-0.25, -0.2) is 9.37 Å². The summed E-state index contributed by atoms with van der Waals surface area (Å²) in [7, 11) is 1.57. The van der Waals surface area contributed by atoms with E-state index in [9.17, 15) is 14.0 Å². The SMILES string of the molecule is COc1cccc(CCC(=O)c2nc3ccc(Cl)c(F)c3c(=O)[nH]2)c1. The highest BCUT2D eigenvalue weighted by Crippen LogP contribution is 2.21. The molecule has 3 aromatic rings. The number of halogens is 2. The first-order valence-electron chi connectivity index (χ1n) is 7.53. The molecule has 128 valence electrons. The van der Waals surface area contributed by atoms with Gasteiger partial charge in [0.05, 0.1) is 17.6 Å². The van der Waals surface area contributed by atoms with Gasteiger partial charge in [0.2, 0.25) is 0 Å². The molecule has 0 aliphatic heterocycles. The molecule has 0 aliphatic carbocycles. The molecule has 1 aromatic heterocycles. The number of aromatic amines is 1. The Labute approximate surface area is 147 Å². The second kappa shape index (κ2) is 7.03. The zero-order valence-electron chi connectivity index (χ0n) is 13.3. The quantitative estimate of drug-likeness (QED) is 0.706. The zero-order chi connectivity index (χ0) is 18.0. The summed E-state index contributed by atoms with van der Waals surface area (Å²) in [5, 5.41) is -0.422. The predicted molar refractivity (Wildman–Crippen MR) is 93.0 cm³/mol. The van der Waals surface area contributed by atoms with Crippen LogP contribution in [0.15, 0.2) is 41.2 Å². The number of benzene rings is 2. The van der Waals surface area contributed by atoms with Crippen molar-refractivity contribution in [2.75, 3.05) is 7.11 Å². The van der Waals surface area contributed by atoms with E-state index in [1.165, 1.54) is 12.1 Å². The molecule has 0 amide bonds. The van der Waals surface area contributed by atoms with Crippen LogP contribution in [-0.2, 0) is 6.42 Å². The average molecular weight is 361 g/mol. The largest absolute Gasteiger partial charge is 0.497 e. The number of nitrogens with zero attached hydrogens (tertiary/aromatic N) is 1. The Morgan fingerprint density at radius 3 is 2.88 bits per heavy atom. The molecule has 2 aromatic carbocycles. The van der Waals surface area contributed by atoms with Crippen LogP contribution < -0.4 is 10.3 Å². The van der Waals surface area contributed by atoms with E-state index in [1.54, 1.807) is 7.11 Å². The summed E-state index contributed by atoms with van der Waals surface area (Å²) < 4.78 is 19.1. The summed E-state index contributed by atoms with van der Waals surface area (Å²) in [6.45, 7) is 0. The summed E-state index contributed by atoms with van der Waals surface area (Å²) in [4.78, 5) is 30.8. The molecule has 0 atom stereocenters. The molecule has 25 heavy (non-hydrogen) atoms. The summed E-state index contributed by atoms with van der Waals surface area (Å²) in [6.07, 6.45) is 0.616. The van der Waals surface area contributed by atoms with Gasteiger partial charge in [0, 0.05) is 6.42 Å². The molecular formula is C18H14ClFN2O3. The molecule has 1 N–H and O–H groups in total. The normalized spacial score (nSPS) is 10.8. The fourth-order valence-electron chi connectivity index (χ4n) is 2.50. The van der Waals surface area contributed by atoms with Crippen LogP contribution in [0.25, 0.3) is 10.9 Å². The Balaban J connectivity index is 1.85. The monoisotopic (exact) mass is 360 g/mol. The van der Waals surface area contributed by atoms with Crippen molar-refractivity contribution in [3.8, 4) is 5.75 Å². The highest BCUT2D eigenvalue weighted by molar-refractivity contribution is 6.31. The Morgan fingerprint density at radius 2 is 2.12 bits per heavy atom. The third-order valence-corrected chi connectivity index (χ3v) is 4.10. The molecule has 0 aliphatic rings. The lowest BCUT2D eigenvalue weighted by molar-refractivity contribution is 0.0973. The second-order valence-electron chi connectivity index (χ2n) is 5.44. The first kappa shape index (κ1) is 17.1. The maximum Gasteiger partial charge on any atom is 0.262 e. The van der Waals surface area contributed by atoms with Crippen molar-refractivity contribution in [2.24, 2.45) is 0 Å². The van der Waals surface area contributed by atoms with Crippen molar-refractivity contribution >= 4 is 28.3 Å². The van der Waals surface area contributed by atoms with E-state index in [0.29, 0.717) is 12.2 Å². The first-order chi connectivity index (χ1) is 12.0. The molecule has 0 unspecified atom stereocenters. The Kier molecular flexibility index (Phi) is 4.81. The topological polar surface area (TPSA) is 72.0 Å². The highest BCUT2D eigenvalue weighted by atomic mass is 35.5. The van der Waals surface area contributed by atoms with Crippen LogP contribution in [0.3, 0.4) is 0 Å². The molecule has 5 nitrogen and oxygen atoms in total. The predicted octanol–water partition coefficient (Wildman–Crippen LogP) is 3.54. The number of ketones is 1. The summed E-state index contributed by atoms with van der Waals surface area (Å²) in [5.74, 6) is -0.572. The zero-order valence-corrected chi connectivity index (χ0v) is 14.1. The first-order valence-corrected chi connectivity index (χ1v) is 7.91. The molecule has 3 rings (SSSR count). The number of ether oxygens (including phenoxy) is 1. The number of aryl methyl sites for hydroxylation is 1. The van der Waals surface area contributed by atoms with Gasteiger partial charge >= 0.3 is 0 Å². The lowest BCUT2D eigenvalue weighted by atomic mass is 10.1. The number of carbonyl (C=O) groups is 1. The third-order valence-electron chi connectivity index (χ3n) is 3.80. The van der Waals surface area contributed by atoms with E-state index < -0.39 is 11.4 Å². The van der Waals surface area contributed by atoms with Crippen LogP contribution in [0.4, 0.5) is 4.39 Å². The molecule has 0 fully saturated rings. The van der Waals surface area contributed by atoms with E-state index in [4.69, 9.17) is 16.3 Å². The van der Waals surface area contributed by atoms with Gasteiger partial charge in [-0.3, -0.25) is 9.59 Å². The van der Waals surface area contributed by atoms with E-state index in [0.717, 1.165) is 5.56 Å². The number of aromatic nitrogens is 2. The van der Waals surface area contributed by atoms with Gasteiger partial charge in [-0.1, -0.05) is 23.7 Å². The van der Waals surface area contributed by atoms with Crippen molar-refractivity contribution < 1.29 is 13.9 Å². The van der Waals surface area contributed by atoms with E-state index in [-0.39, 0.29) is 34.0 Å². The molecular weight excluding hydrogens is 347 g/mol. The standard InChI is InChI=1S/C18H14ClFN2O3/c1-25-11-4-2-3-10(9-11)5-8-14(23)17-21-13-7-6-12(19)16(20)15(13)18(24)22-17/h2-4,6-7,9H,5,8H2,1H3,(H,21,22,24). The fraction of sp³-hybridized carbons (Fsp3) is 0.167. The van der Waals surface area contributed by atoms with Crippen LogP contribution in [0.5, 0.6) is 5.75 Å². The average Bonchev–Trinajstić information content (AvgIpc) is 2.62. The van der Waals surface area contributed by atoms with Crippen LogP contribution in [0.2, 0.25) is 5.02 Å². The van der Waals surface area contributed by atoms with Gasteiger partial charge < -0.3 is 9.72 Å². The molecule has 0 radical (unpaired) electrons. The molecule has 0 saturated carbocycles. The number of nitrogens with one attached hydrogen (secondary N) is 1. The number of carbonyl (C=O) groups excluding carboxylic acids is 1. The molecule has 7 heteroatoms. The van der Waals surface area contributed by atoms with Gasteiger partial charge in [0.15, 0.2) is 17.4 Å². The number of fused-ring (bicyclic) bond motifs is 1. The van der Waals surface area contributed by atoms with E-state index >= 15 is 0 Å². The number of H-pyrrole nitrogens is 1. The maximum absolute atomic E-state index is 13.9. The van der Waals surface area contributed by atoms with Crippen molar-refractivity contribution in [1.29, 1.82) is 0 Å². The molecule has 0 saturated heterocycles. The van der Waals surface area contributed by atoms with Crippen molar-refractivity contribution in [1.82, 2.24) is 9.97 Å². The van der Waals surface area contributed by atoms with Crippen molar-refractivity contribution in [2.45, 2.75) is 12.8 Å². The number of hydrogen-bond acceptors (Lipinski definition) is 4. The van der Waals surface area contributed by atoms with Gasteiger partial charge in [0.1, 0.15) is 11.1 Å². The van der Waals surface area contributed by atoms with E-state index in [1.807, 2.05) is 24.3 Å². The van der Waals surface area contributed by atoms with Crippen molar-refractivity contribution in [3.05, 3.63) is 69.0 Å². The second-order valence-corrected chi connectivity index (χ2v) is 5.85. The van der Waals surface area contributed by atoms with Crippen LogP contribution in [0.1, 0.15) is 22.6 Å². The molecule has 0 spiro atoms. The Bertz CT molecular complexity index is 1020.